The number of benzene rings is 1. The van der Waals surface area contributed by atoms with Gasteiger partial charge in [-0.1, -0.05) is 19.9 Å². The summed E-state index contributed by atoms with van der Waals surface area (Å²) in [6.45, 7) is 8.35. The Morgan fingerprint density at radius 1 is 1.14 bits per heavy atom. The molecular formula is C27H36N6O3S. The fraction of sp³-hybridized carbons (Fsp3) is 0.519. The van der Waals surface area contributed by atoms with Gasteiger partial charge in [0, 0.05) is 74.8 Å². The summed E-state index contributed by atoms with van der Waals surface area (Å²) in [4.78, 5) is 18.2. The van der Waals surface area contributed by atoms with Crippen LogP contribution in [-0.4, -0.2) is 75.3 Å². The number of ether oxygens (including phenoxy) is 1. The van der Waals surface area contributed by atoms with Gasteiger partial charge in [0.2, 0.25) is 5.95 Å². The van der Waals surface area contributed by atoms with E-state index in [9.17, 15) is 8.42 Å². The molecule has 0 aliphatic carbocycles. The van der Waals surface area contributed by atoms with E-state index in [-0.39, 0.29) is 11.7 Å². The number of pyridine rings is 1. The first kappa shape index (κ1) is 25.7. The van der Waals surface area contributed by atoms with Crippen LogP contribution in [0.15, 0.2) is 36.7 Å². The van der Waals surface area contributed by atoms with Gasteiger partial charge in [-0.05, 0) is 41.5 Å². The number of anilines is 4. The number of hydrogen-bond acceptors (Lipinski definition) is 9. The maximum Gasteiger partial charge on any atom is 0.227 e. The minimum atomic E-state index is -2.97. The zero-order valence-corrected chi connectivity index (χ0v) is 22.8. The number of sulfone groups is 1. The van der Waals surface area contributed by atoms with Gasteiger partial charge in [-0.3, -0.25) is 0 Å². The topological polar surface area (TPSA) is 101 Å². The van der Waals surface area contributed by atoms with Crippen LogP contribution in [-0.2, 0) is 14.6 Å². The van der Waals surface area contributed by atoms with Crippen molar-refractivity contribution in [2.24, 2.45) is 11.8 Å². The summed E-state index contributed by atoms with van der Waals surface area (Å²) in [7, 11) is -0.954. The minimum absolute atomic E-state index is 0.176. The van der Waals surface area contributed by atoms with E-state index >= 15 is 0 Å². The fourth-order valence-corrected chi connectivity index (χ4v) is 6.39. The van der Waals surface area contributed by atoms with E-state index < -0.39 is 9.84 Å². The second-order valence-corrected chi connectivity index (χ2v) is 13.0. The van der Waals surface area contributed by atoms with Gasteiger partial charge < -0.3 is 19.9 Å². The Balaban J connectivity index is 1.37. The molecule has 0 saturated carbocycles. The number of fused-ring (bicyclic) bond motifs is 1. The summed E-state index contributed by atoms with van der Waals surface area (Å²) >= 11 is 0. The fourth-order valence-electron chi connectivity index (χ4n) is 5.32. The summed E-state index contributed by atoms with van der Waals surface area (Å²) in [5.74, 6) is 3.35. The van der Waals surface area contributed by atoms with Crippen molar-refractivity contribution in [2.75, 3.05) is 67.0 Å². The van der Waals surface area contributed by atoms with Crippen LogP contribution in [0.4, 0.5) is 23.3 Å². The van der Waals surface area contributed by atoms with Crippen molar-refractivity contribution in [1.82, 2.24) is 15.0 Å². The quantitative estimate of drug-likeness (QED) is 0.447. The molecule has 4 heterocycles. The number of nitrogens with one attached hydrogen (secondary N) is 1. The summed E-state index contributed by atoms with van der Waals surface area (Å²) < 4.78 is 28.9. The Labute approximate surface area is 219 Å². The molecule has 0 spiro atoms. The lowest BCUT2D eigenvalue weighted by atomic mass is 9.93. The Hall–Kier alpha value is -2.98. The first-order valence-electron chi connectivity index (χ1n) is 12.9. The molecule has 1 aromatic carbocycles. The molecule has 10 heteroatoms. The monoisotopic (exact) mass is 524 g/mol. The molecule has 2 aliphatic heterocycles. The third-order valence-electron chi connectivity index (χ3n) is 7.17. The first-order valence-corrected chi connectivity index (χ1v) is 15.0. The Morgan fingerprint density at radius 3 is 2.65 bits per heavy atom. The van der Waals surface area contributed by atoms with Crippen LogP contribution in [0.1, 0.15) is 31.7 Å². The van der Waals surface area contributed by atoms with Crippen LogP contribution in [0.2, 0.25) is 0 Å². The van der Waals surface area contributed by atoms with Crippen molar-refractivity contribution < 1.29 is 13.2 Å². The largest absolute Gasteiger partial charge is 0.381 e. The van der Waals surface area contributed by atoms with Gasteiger partial charge in [-0.2, -0.15) is 4.98 Å². The van der Waals surface area contributed by atoms with Crippen LogP contribution in [0.3, 0.4) is 0 Å². The standard InChI is InChI=1S/C27H36N6O3S/c1-18(2)21-5-6-24(33-14-20(15-33)17-37(4,34)35)23-12-29-26(11-22(21)23)30-25-7-9-28-27(31-25)32(3)13-19-8-10-36-16-19/h5-7,9,11-12,18-20H,8,10,13-17H2,1-4H3,(H,28,29,30,31)/t19-/m0/s1. The molecule has 0 amide bonds. The van der Waals surface area contributed by atoms with E-state index in [0.29, 0.717) is 23.6 Å². The molecule has 9 nitrogen and oxygen atoms in total. The maximum absolute atomic E-state index is 11.7. The predicted molar refractivity (Wildman–Crippen MR) is 149 cm³/mol. The summed E-state index contributed by atoms with van der Waals surface area (Å²) in [5, 5.41) is 5.59. The number of hydrogen-bond donors (Lipinski definition) is 1. The highest BCUT2D eigenvalue weighted by atomic mass is 32.2. The van der Waals surface area contributed by atoms with Gasteiger partial charge >= 0.3 is 0 Å². The molecule has 0 bridgehead atoms. The highest BCUT2D eigenvalue weighted by Gasteiger charge is 2.31. The van der Waals surface area contributed by atoms with Gasteiger partial charge in [0.05, 0.1) is 12.4 Å². The van der Waals surface area contributed by atoms with E-state index in [1.807, 2.05) is 19.3 Å². The lowest BCUT2D eigenvalue weighted by molar-refractivity contribution is 0.186. The molecule has 2 fully saturated rings. The Kier molecular flexibility index (Phi) is 7.22. The molecule has 1 atom stereocenters. The maximum atomic E-state index is 11.7. The predicted octanol–water partition coefficient (Wildman–Crippen LogP) is 3.85. The van der Waals surface area contributed by atoms with Crippen LogP contribution in [0.5, 0.6) is 0 Å². The highest BCUT2D eigenvalue weighted by molar-refractivity contribution is 7.90. The SMILES string of the molecule is CC(C)c1ccc(N2CC(CS(C)(=O)=O)C2)c2cnc(Nc3ccnc(N(C)C[C@@H]4CCOC4)n3)cc12. The van der Waals surface area contributed by atoms with Gasteiger partial charge in [-0.25, -0.2) is 18.4 Å². The molecule has 198 valence electrons. The van der Waals surface area contributed by atoms with Gasteiger partial charge in [0.15, 0.2) is 0 Å². The van der Waals surface area contributed by atoms with Crippen LogP contribution >= 0.6 is 0 Å². The van der Waals surface area contributed by atoms with Gasteiger partial charge in [0.1, 0.15) is 21.5 Å². The molecule has 2 aliphatic rings. The molecule has 5 rings (SSSR count). The zero-order chi connectivity index (χ0) is 26.2. The molecule has 0 radical (unpaired) electrons. The Bertz CT molecular complexity index is 1370. The van der Waals surface area contributed by atoms with Crippen molar-refractivity contribution in [3.63, 3.8) is 0 Å². The van der Waals surface area contributed by atoms with Crippen LogP contribution in [0.25, 0.3) is 10.8 Å². The summed E-state index contributed by atoms with van der Waals surface area (Å²) in [6, 6.07) is 8.26. The van der Waals surface area contributed by atoms with Crippen LogP contribution in [0, 0.1) is 11.8 Å². The van der Waals surface area contributed by atoms with Crippen molar-refractivity contribution in [1.29, 1.82) is 0 Å². The highest BCUT2D eigenvalue weighted by Crippen LogP contribution is 2.37. The van der Waals surface area contributed by atoms with Crippen molar-refractivity contribution in [3.8, 4) is 0 Å². The van der Waals surface area contributed by atoms with E-state index in [0.717, 1.165) is 61.5 Å². The molecule has 2 aromatic heterocycles. The normalized spacial score (nSPS) is 18.4. The van der Waals surface area contributed by atoms with Crippen LogP contribution < -0.4 is 15.1 Å². The lowest BCUT2D eigenvalue weighted by Crippen LogP contribution is -2.49. The second-order valence-electron chi connectivity index (χ2n) is 10.8. The zero-order valence-electron chi connectivity index (χ0n) is 22.0. The molecule has 37 heavy (non-hydrogen) atoms. The number of rotatable bonds is 9. The second kappa shape index (κ2) is 10.4. The summed E-state index contributed by atoms with van der Waals surface area (Å²) in [5.41, 5.74) is 2.35. The minimum Gasteiger partial charge on any atom is -0.381 e. The van der Waals surface area contributed by atoms with Gasteiger partial charge in [0.25, 0.3) is 0 Å². The number of nitrogens with zero attached hydrogens (tertiary/aromatic N) is 5. The molecule has 0 unspecified atom stereocenters. The van der Waals surface area contributed by atoms with Crippen molar-refractivity contribution in [3.05, 3.63) is 42.2 Å². The van der Waals surface area contributed by atoms with Crippen molar-refractivity contribution in [2.45, 2.75) is 26.2 Å². The molecule has 2 saturated heterocycles. The third-order valence-corrected chi connectivity index (χ3v) is 8.24. The van der Waals surface area contributed by atoms with Gasteiger partial charge in [-0.15, -0.1) is 0 Å². The average molecular weight is 525 g/mol. The average Bonchev–Trinajstić information content (AvgIpc) is 3.33. The summed E-state index contributed by atoms with van der Waals surface area (Å²) in [6.07, 6.45) is 6.06. The van der Waals surface area contributed by atoms with E-state index in [1.165, 1.54) is 11.8 Å². The molecule has 3 aromatic rings. The van der Waals surface area contributed by atoms with E-state index in [4.69, 9.17) is 14.7 Å². The van der Waals surface area contributed by atoms with E-state index in [2.05, 4.69) is 52.1 Å². The smallest absolute Gasteiger partial charge is 0.227 e. The molecular weight excluding hydrogens is 488 g/mol. The lowest BCUT2D eigenvalue weighted by Gasteiger charge is -2.41. The van der Waals surface area contributed by atoms with Crippen molar-refractivity contribution >= 4 is 43.9 Å². The van der Waals surface area contributed by atoms with E-state index in [1.54, 1.807) is 6.20 Å². The first-order chi connectivity index (χ1) is 17.7. The molecule has 1 N–H and O–H groups in total. The third kappa shape index (κ3) is 5.96. The Morgan fingerprint density at radius 2 is 1.95 bits per heavy atom. The number of aromatic nitrogens is 3.